The van der Waals surface area contributed by atoms with E-state index in [1.165, 1.54) is 35.0 Å². The highest BCUT2D eigenvalue weighted by atomic mass is 35.5. The van der Waals surface area contributed by atoms with Crippen LogP contribution in [0.5, 0.6) is 0 Å². The molecule has 27 heavy (non-hydrogen) atoms. The Morgan fingerprint density at radius 2 is 1.85 bits per heavy atom. The average molecular weight is 384 g/mol. The number of hydrogen-bond donors (Lipinski definition) is 2. The molecule has 3 aromatic rings. The number of nitrogens with zero attached hydrogens (tertiary/aromatic N) is 1. The van der Waals surface area contributed by atoms with Crippen molar-refractivity contribution in [2.45, 2.75) is 38.6 Å². The predicted octanol–water partition coefficient (Wildman–Crippen LogP) is 3.88. The Morgan fingerprint density at radius 1 is 1.07 bits per heavy atom. The smallest absolute Gasteiger partial charge is 0.224 e. The molecule has 3 N–H and O–H groups in total. The maximum Gasteiger partial charge on any atom is 0.224 e. The van der Waals surface area contributed by atoms with Crippen LogP contribution in [0.1, 0.15) is 29.7 Å². The number of aromatic nitrogens is 1. The van der Waals surface area contributed by atoms with Crippen LogP contribution in [0, 0.1) is 0 Å². The molecule has 142 valence electrons. The second-order valence-corrected chi connectivity index (χ2v) is 7.07. The van der Waals surface area contributed by atoms with Gasteiger partial charge in [-0.1, -0.05) is 30.3 Å². The van der Waals surface area contributed by atoms with Gasteiger partial charge in [-0.3, -0.25) is 4.79 Å². The van der Waals surface area contributed by atoms with Gasteiger partial charge in [-0.15, -0.1) is 12.4 Å². The number of carbonyl (C=O) groups is 1. The molecule has 1 amide bonds. The summed E-state index contributed by atoms with van der Waals surface area (Å²) in [6.45, 7) is 1.79. The van der Waals surface area contributed by atoms with Crippen molar-refractivity contribution >= 4 is 34.9 Å². The van der Waals surface area contributed by atoms with Gasteiger partial charge in [0.2, 0.25) is 5.91 Å². The molecule has 5 heteroatoms. The number of amides is 1. The Hall–Kier alpha value is -2.46. The molecule has 0 atom stereocenters. The Balaban J connectivity index is 0.00000210. The van der Waals surface area contributed by atoms with Gasteiger partial charge in [0.05, 0.1) is 6.42 Å². The molecular formula is C22H26ClN3O. The lowest BCUT2D eigenvalue weighted by atomic mass is 10.0. The Labute approximate surface area is 166 Å². The summed E-state index contributed by atoms with van der Waals surface area (Å²) in [5, 5.41) is 4.42. The van der Waals surface area contributed by atoms with E-state index in [1.54, 1.807) is 0 Å². The zero-order chi connectivity index (χ0) is 17.9. The standard InChI is InChI=1S/C22H25N3O.ClH/c23-17-10-8-16(9-11-17)15-22(26)24-13-12-19-18-5-1-2-6-20(18)25-14-4-3-7-21(19)25;/h1-2,5-6,8-11H,3-4,7,12-15,23H2,(H,24,26);1H. The van der Waals surface area contributed by atoms with Gasteiger partial charge in [-0.25, -0.2) is 0 Å². The zero-order valence-corrected chi connectivity index (χ0v) is 16.2. The van der Waals surface area contributed by atoms with Gasteiger partial charge in [-0.2, -0.15) is 0 Å². The van der Waals surface area contributed by atoms with Crippen molar-refractivity contribution in [2.24, 2.45) is 0 Å². The minimum absolute atomic E-state index is 0. The van der Waals surface area contributed by atoms with Gasteiger partial charge in [-0.05, 0) is 55.0 Å². The van der Waals surface area contributed by atoms with Crippen molar-refractivity contribution in [3.63, 3.8) is 0 Å². The molecule has 1 aromatic heterocycles. The second kappa shape index (κ2) is 8.49. The highest BCUT2D eigenvalue weighted by molar-refractivity contribution is 5.86. The van der Waals surface area contributed by atoms with Crippen LogP contribution in [-0.4, -0.2) is 17.0 Å². The van der Waals surface area contributed by atoms with E-state index in [1.807, 2.05) is 24.3 Å². The van der Waals surface area contributed by atoms with Crippen molar-refractivity contribution in [3.8, 4) is 0 Å². The van der Waals surface area contributed by atoms with E-state index >= 15 is 0 Å². The van der Waals surface area contributed by atoms with Gasteiger partial charge in [0, 0.05) is 35.4 Å². The van der Waals surface area contributed by atoms with Crippen LogP contribution in [0.25, 0.3) is 10.9 Å². The summed E-state index contributed by atoms with van der Waals surface area (Å²) in [7, 11) is 0. The molecule has 0 unspecified atom stereocenters. The summed E-state index contributed by atoms with van der Waals surface area (Å²) in [5.74, 6) is 0.0622. The number of benzene rings is 2. The van der Waals surface area contributed by atoms with E-state index in [-0.39, 0.29) is 18.3 Å². The molecule has 2 aromatic carbocycles. The fraction of sp³-hybridized carbons (Fsp3) is 0.318. The molecule has 0 saturated heterocycles. The maximum absolute atomic E-state index is 12.2. The van der Waals surface area contributed by atoms with Gasteiger partial charge < -0.3 is 15.6 Å². The fourth-order valence-electron chi connectivity index (χ4n) is 4.02. The summed E-state index contributed by atoms with van der Waals surface area (Å²) in [6, 6.07) is 16.1. The summed E-state index contributed by atoms with van der Waals surface area (Å²) >= 11 is 0. The Morgan fingerprint density at radius 3 is 2.67 bits per heavy atom. The molecule has 1 aliphatic rings. The van der Waals surface area contributed by atoms with Crippen LogP contribution in [0.3, 0.4) is 0 Å². The average Bonchev–Trinajstić information content (AvgIpc) is 2.98. The van der Waals surface area contributed by atoms with Crippen LogP contribution in [0.2, 0.25) is 0 Å². The number of halogens is 1. The Kier molecular flexibility index (Phi) is 6.07. The summed E-state index contributed by atoms with van der Waals surface area (Å²) in [4.78, 5) is 12.2. The van der Waals surface area contributed by atoms with E-state index < -0.39 is 0 Å². The number of rotatable bonds is 5. The quantitative estimate of drug-likeness (QED) is 0.657. The van der Waals surface area contributed by atoms with Gasteiger partial charge in [0.1, 0.15) is 0 Å². The van der Waals surface area contributed by atoms with E-state index in [2.05, 4.69) is 34.1 Å². The molecule has 4 nitrogen and oxygen atoms in total. The number of para-hydroxylation sites is 1. The lowest BCUT2D eigenvalue weighted by Gasteiger charge is -2.17. The van der Waals surface area contributed by atoms with Gasteiger partial charge in [0.25, 0.3) is 0 Å². The summed E-state index contributed by atoms with van der Waals surface area (Å²) in [6.07, 6.45) is 4.94. The summed E-state index contributed by atoms with van der Waals surface area (Å²) < 4.78 is 2.48. The third-order valence-electron chi connectivity index (χ3n) is 5.28. The number of nitrogens with one attached hydrogen (secondary N) is 1. The first-order valence-corrected chi connectivity index (χ1v) is 9.42. The van der Waals surface area contributed by atoms with Crippen molar-refractivity contribution in [1.82, 2.24) is 9.88 Å². The molecule has 2 heterocycles. The van der Waals surface area contributed by atoms with Gasteiger partial charge in [0.15, 0.2) is 0 Å². The van der Waals surface area contributed by atoms with Crippen LogP contribution in [-0.2, 0) is 30.6 Å². The molecule has 0 fully saturated rings. The Bertz CT molecular complexity index is 931. The van der Waals surface area contributed by atoms with Crippen LogP contribution < -0.4 is 11.1 Å². The van der Waals surface area contributed by atoms with E-state index in [0.29, 0.717) is 13.0 Å². The topological polar surface area (TPSA) is 60.1 Å². The largest absolute Gasteiger partial charge is 0.399 e. The first-order chi connectivity index (χ1) is 12.7. The second-order valence-electron chi connectivity index (χ2n) is 7.07. The minimum Gasteiger partial charge on any atom is -0.399 e. The number of anilines is 1. The SMILES string of the molecule is Cl.Nc1ccc(CC(=O)NCCc2c3n(c4ccccc24)CCCC3)cc1. The minimum atomic E-state index is 0. The normalized spacial score (nSPS) is 13.0. The first kappa shape index (κ1) is 19.3. The number of aryl methyl sites for hydroxylation is 1. The maximum atomic E-state index is 12.2. The third kappa shape index (κ3) is 4.11. The van der Waals surface area contributed by atoms with Gasteiger partial charge >= 0.3 is 0 Å². The molecule has 0 spiro atoms. The number of nitrogen functional groups attached to an aromatic ring is 1. The van der Waals surface area contributed by atoms with Crippen molar-refractivity contribution < 1.29 is 4.79 Å². The van der Waals surface area contributed by atoms with E-state index in [4.69, 9.17) is 5.73 Å². The highest BCUT2D eigenvalue weighted by Crippen LogP contribution is 2.30. The van der Waals surface area contributed by atoms with E-state index in [0.717, 1.165) is 30.6 Å². The molecule has 0 bridgehead atoms. The predicted molar refractivity (Wildman–Crippen MR) is 113 cm³/mol. The molecule has 0 aliphatic carbocycles. The monoisotopic (exact) mass is 383 g/mol. The third-order valence-corrected chi connectivity index (χ3v) is 5.28. The molecular weight excluding hydrogens is 358 g/mol. The van der Waals surface area contributed by atoms with Crippen molar-refractivity contribution in [3.05, 3.63) is 65.4 Å². The number of nitrogens with two attached hydrogens (primary N) is 1. The molecule has 1 aliphatic heterocycles. The highest BCUT2D eigenvalue weighted by Gasteiger charge is 2.19. The lowest BCUT2D eigenvalue weighted by Crippen LogP contribution is -2.27. The van der Waals surface area contributed by atoms with Crippen LogP contribution >= 0.6 is 12.4 Å². The molecule has 0 saturated carbocycles. The number of carbonyl (C=O) groups excluding carboxylic acids is 1. The van der Waals surface area contributed by atoms with Crippen molar-refractivity contribution in [2.75, 3.05) is 12.3 Å². The van der Waals surface area contributed by atoms with E-state index in [9.17, 15) is 4.79 Å². The van der Waals surface area contributed by atoms with Crippen LogP contribution in [0.4, 0.5) is 5.69 Å². The molecule has 0 radical (unpaired) electrons. The van der Waals surface area contributed by atoms with Crippen molar-refractivity contribution in [1.29, 1.82) is 0 Å². The summed E-state index contributed by atoms with van der Waals surface area (Å²) in [5.41, 5.74) is 11.6. The fourth-order valence-corrected chi connectivity index (χ4v) is 4.02. The molecule has 4 rings (SSSR count). The number of hydrogen-bond acceptors (Lipinski definition) is 2. The lowest BCUT2D eigenvalue weighted by molar-refractivity contribution is -0.120. The first-order valence-electron chi connectivity index (χ1n) is 9.42. The number of fused-ring (bicyclic) bond motifs is 3. The van der Waals surface area contributed by atoms with Crippen LogP contribution in [0.15, 0.2) is 48.5 Å². The zero-order valence-electron chi connectivity index (χ0n) is 15.4.